The minimum atomic E-state index is -0.174. The first-order valence-corrected chi connectivity index (χ1v) is 7.60. The van der Waals surface area contributed by atoms with Crippen LogP contribution in [0.25, 0.3) is 0 Å². The first-order valence-electron chi connectivity index (χ1n) is 7.60. The highest BCUT2D eigenvalue weighted by atomic mass is 16.2. The molecule has 3 heteroatoms. The van der Waals surface area contributed by atoms with Crippen LogP contribution in [0.15, 0.2) is 24.3 Å². The second-order valence-electron chi connectivity index (χ2n) is 6.04. The van der Waals surface area contributed by atoms with E-state index in [2.05, 4.69) is 31.3 Å². The summed E-state index contributed by atoms with van der Waals surface area (Å²) < 4.78 is 0. The number of hydrogen-bond donors (Lipinski definition) is 1. The lowest BCUT2D eigenvalue weighted by molar-refractivity contribution is -0.140. The zero-order valence-corrected chi connectivity index (χ0v) is 12.9. The number of hydrogen-bond acceptors (Lipinski definition) is 2. The molecular formula is C17H26N2O. The van der Waals surface area contributed by atoms with Crippen LogP contribution in [0.3, 0.4) is 0 Å². The molecule has 1 saturated heterocycles. The fraction of sp³-hybridized carbons (Fsp3) is 0.588. The Labute approximate surface area is 122 Å². The van der Waals surface area contributed by atoms with E-state index in [9.17, 15) is 4.79 Å². The molecule has 0 bridgehead atoms. The summed E-state index contributed by atoms with van der Waals surface area (Å²) in [6.07, 6.45) is 3.01. The summed E-state index contributed by atoms with van der Waals surface area (Å²) in [4.78, 5) is 14.8. The molecule has 0 radical (unpaired) electrons. The van der Waals surface area contributed by atoms with Gasteiger partial charge in [0.2, 0.25) is 5.91 Å². The van der Waals surface area contributed by atoms with Gasteiger partial charge in [-0.15, -0.1) is 0 Å². The summed E-state index contributed by atoms with van der Waals surface area (Å²) in [5, 5.41) is 3.36. The Kier molecular flexibility index (Phi) is 4.81. The van der Waals surface area contributed by atoms with E-state index < -0.39 is 0 Å². The van der Waals surface area contributed by atoms with Gasteiger partial charge in [0.15, 0.2) is 0 Å². The van der Waals surface area contributed by atoms with Crippen molar-refractivity contribution in [2.45, 2.75) is 39.7 Å². The average molecular weight is 274 g/mol. The molecule has 1 unspecified atom stereocenters. The van der Waals surface area contributed by atoms with Gasteiger partial charge in [0, 0.05) is 20.1 Å². The Morgan fingerprint density at radius 1 is 1.40 bits per heavy atom. The molecule has 1 aliphatic heterocycles. The number of nitrogens with one attached hydrogen (secondary N) is 1. The van der Waals surface area contributed by atoms with Crippen LogP contribution in [0.4, 0.5) is 0 Å². The molecule has 1 aliphatic rings. The van der Waals surface area contributed by atoms with Crippen LogP contribution in [0, 0.1) is 12.3 Å². The number of aryl methyl sites for hydroxylation is 1. The molecule has 1 N–H and O–H groups in total. The third-order valence-electron chi connectivity index (χ3n) is 4.44. The zero-order valence-electron chi connectivity index (χ0n) is 12.9. The van der Waals surface area contributed by atoms with Gasteiger partial charge in [-0.2, -0.15) is 0 Å². The fourth-order valence-corrected chi connectivity index (χ4v) is 3.24. The van der Waals surface area contributed by atoms with Gasteiger partial charge >= 0.3 is 0 Å². The molecule has 0 aliphatic carbocycles. The van der Waals surface area contributed by atoms with Crippen molar-refractivity contribution in [1.82, 2.24) is 10.2 Å². The third kappa shape index (κ3) is 3.04. The fourth-order valence-electron chi connectivity index (χ4n) is 3.24. The van der Waals surface area contributed by atoms with Crippen molar-refractivity contribution < 1.29 is 4.79 Å². The molecule has 3 nitrogen and oxygen atoms in total. The van der Waals surface area contributed by atoms with Crippen molar-refractivity contribution in [3.05, 3.63) is 35.4 Å². The highest BCUT2D eigenvalue weighted by molar-refractivity contribution is 5.83. The second-order valence-corrected chi connectivity index (χ2v) is 6.04. The number of carbonyl (C=O) groups is 1. The quantitative estimate of drug-likeness (QED) is 0.895. The molecular weight excluding hydrogens is 248 g/mol. The van der Waals surface area contributed by atoms with Crippen molar-refractivity contribution in [2.24, 2.45) is 5.41 Å². The highest BCUT2D eigenvalue weighted by Gasteiger charge is 2.41. The van der Waals surface area contributed by atoms with E-state index >= 15 is 0 Å². The minimum Gasteiger partial charge on any atom is -0.341 e. The average Bonchev–Trinajstić information content (AvgIpc) is 2.90. The summed E-state index contributed by atoms with van der Waals surface area (Å²) in [5.74, 6) is 0.299. The van der Waals surface area contributed by atoms with Gasteiger partial charge in [0.05, 0.1) is 5.41 Å². The lowest BCUT2D eigenvalue weighted by Crippen LogP contribution is -2.43. The summed E-state index contributed by atoms with van der Waals surface area (Å²) in [7, 11) is 1.94. The summed E-state index contributed by atoms with van der Waals surface area (Å²) in [6, 6.07) is 8.30. The zero-order chi connectivity index (χ0) is 14.6. The molecule has 20 heavy (non-hydrogen) atoms. The molecule has 1 amide bonds. The van der Waals surface area contributed by atoms with E-state index in [4.69, 9.17) is 0 Å². The summed E-state index contributed by atoms with van der Waals surface area (Å²) >= 11 is 0. The highest BCUT2D eigenvalue weighted by Crippen LogP contribution is 2.33. The van der Waals surface area contributed by atoms with E-state index in [0.29, 0.717) is 12.5 Å². The standard InChI is InChI=1S/C17H26N2O/c1-4-9-17(10-11-18-13-17)16(20)19(3)12-15-8-6-5-7-14(15)2/h5-8,18H,4,9-13H2,1-3H3. The molecule has 1 heterocycles. The monoisotopic (exact) mass is 274 g/mol. The Morgan fingerprint density at radius 2 is 2.15 bits per heavy atom. The van der Waals surface area contributed by atoms with E-state index in [1.54, 1.807) is 0 Å². The van der Waals surface area contributed by atoms with Crippen LogP contribution in [0.5, 0.6) is 0 Å². The molecule has 0 spiro atoms. The minimum absolute atomic E-state index is 0.174. The van der Waals surface area contributed by atoms with Crippen molar-refractivity contribution in [3.8, 4) is 0 Å². The first-order chi connectivity index (χ1) is 9.59. The second kappa shape index (κ2) is 6.40. The van der Waals surface area contributed by atoms with E-state index in [0.717, 1.165) is 32.4 Å². The molecule has 2 rings (SSSR count). The Morgan fingerprint density at radius 3 is 2.75 bits per heavy atom. The smallest absolute Gasteiger partial charge is 0.230 e. The molecule has 0 saturated carbocycles. The third-order valence-corrected chi connectivity index (χ3v) is 4.44. The van der Waals surface area contributed by atoms with Gasteiger partial charge in [-0.3, -0.25) is 4.79 Å². The van der Waals surface area contributed by atoms with Crippen LogP contribution in [0.1, 0.15) is 37.3 Å². The van der Waals surface area contributed by atoms with Crippen molar-refractivity contribution in [2.75, 3.05) is 20.1 Å². The van der Waals surface area contributed by atoms with Crippen LogP contribution in [0.2, 0.25) is 0 Å². The molecule has 1 aromatic rings. The van der Waals surface area contributed by atoms with Gasteiger partial charge in [0.25, 0.3) is 0 Å². The summed E-state index contributed by atoms with van der Waals surface area (Å²) in [5.41, 5.74) is 2.31. The Balaban J connectivity index is 2.10. The maximum atomic E-state index is 12.9. The van der Waals surface area contributed by atoms with Gasteiger partial charge in [-0.25, -0.2) is 0 Å². The normalized spacial score (nSPS) is 21.9. The van der Waals surface area contributed by atoms with Crippen LogP contribution in [-0.4, -0.2) is 30.9 Å². The molecule has 110 valence electrons. The van der Waals surface area contributed by atoms with Crippen LogP contribution >= 0.6 is 0 Å². The predicted molar refractivity (Wildman–Crippen MR) is 82.5 cm³/mol. The SMILES string of the molecule is CCCC1(C(=O)N(C)Cc2ccccc2C)CCNC1. The molecule has 1 fully saturated rings. The first kappa shape index (κ1) is 15.0. The van der Waals surface area contributed by atoms with Gasteiger partial charge < -0.3 is 10.2 Å². The maximum absolute atomic E-state index is 12.9. The van der Waals surface area contributed by atoms with Gasteiger partial charge in [-0.1, -0.05) is 37.6 Å². The predicted octanol–water partition coefficient (Wildman–Crippen LogP) is 2.73. The maximum Gasteiger partial charge on any atom is 0.230 e. The molecule has 1 atom stereocenters. The largest absolute Gasteiger partial charge is 0.341 e. The van der Waals surface area contributed by atoms with Crippen molar-refractivity contribution in [3.63, 3.8) is 0 Å². The van der Waals surface area contributed by atoms with Crippen molar-refractivity contribution in [1.29, 1.82) is 0 Å². The van der Waals surface area contributed by atoms with Gasteiger partial charge in [0.1, 0.15) is 0 Å². The Hall–Kier alpha value is -1.35. The number of rotatable bonds is 5. The van der Waals surface area contributed by atoms with E-state index in [-0.39, 0.29) is 5.41 Å². The lowest BCUT2D eigenvalue weighted by Gasteiger charge is -2.32. The number of carbonyl (C=O) groups excluding carboxylic acids is 1. The Bertz CT molecular complexity index is 464. The van der Waals surface area contributed by atoms with E-state index in [1.165, 1.54) is 11.1 Å². The summed E-state index contributed by atoms with van der Waals surface area (Å²) in [6.45, 7) is 6.76. The molecule has 0 aromatic heterocycles. The topological polar surface area (TPSA) is 32.3 Å². The molecule has 1 aromatic carbocycles. The lowest BCUT2D eigenvalue weighted by atomic mass is 9.81. The number of amides is 1. The van der Waals surface area contributed by atoms with E-state index in [1.807, 2.05) is 24.1 Å². The van der Waals surface area contributed by atoms with Crippen LogP contribution in [-0.2, 0) is 11.3 Å². The number of nitrogens with zero attached hydrogens (tertiary/aromatic N) is 1. The van der Waals surface area contributed by atoms with Gasteiger partial charge in [-0.05, 0) is 37.4 Å². The van der Waals surface area contributed by atoms with Crippen molar-refractivity contribution >= 4 is 5.91 Å². The number of benzene rings is 1. The van der Waals surface area contributed by atoms with Crippen LogP contribution < -0.4 is 5.32 Å².